The summed E-state index contributed by atoms with van der Waals surface area (Å²) in [4.78, 5) is 45.4. The number of esters is 1. The van der Waals surface area contributed by atoms with Crippen LogP contribution < -0.4 is 5.32 Å². The summed E-state index contributed by atoms with van der Waals surface area (Å²) in [6, 6.07) is 14.2. The fraction of sp³-hybridized carbons (Fsp3) is 0.214. The molecule has 1 saturated heterocycles. The third-order valence-electron chi connectivity index (χ3n) is 8.27. The van der Waals surface area contributed by atoms with Crippen LogP contribution in [0.25, 0.3) is 11.0 Å². The number of aromatic nitrogens is 2. The molecule has 2 amide bonds. The van der Waals surface area contributed by atoms with Crippen molar-refractivity contribution in [3.63, 3.8) is 0 Å². The van der Waals surface area contributed by atoms with Gasteiger partial charge in [-0.05, 0) is 42.0 Å². The Morgan fingerprint density at radius 1 is 1.21 bits per heavy atom. The topological polar surface area (TPSA) is 93.5 Å². The van der Waals surface area contributed by atoms with Gasteiger partial charge < -0.3 is 19.5 Å². The van der Waals surface area contributed by atoms with E-state index in [9.17, 15) is 14.4 Å². The maximum atomic E-state index is 15.8. The van der Waals surface area contributed by atoms with Crippen LogP contribution >= 0.6 is 23.2 Å². The molecule has 1 fully saturated rings. The number of hydrogen-bond donors (Lipinski definition) is 1. The van der Waals surface area contributed by atoms with Crippen LogP contribution in [0, 0.1) is 5.82 Å². The summed E-state index contributed by atoms with van der Waals surface area (Å²) in [5, 5.41) is 3.20. The number of imidazole rings is 1. The highest BCUT2D eigenvalue weighted by atomic mass is 35.5. The molecule has 3 aliphatic rings. The van der Waals surface area contributed by atoms with Crippen LogP contribution in [0.5, 0.6) is 0 Å². The summed E-state index contributed by atoms with van der Waals surface area (Å²) < 4.78 is 22.6. The molecule has 196 valence electrons. The molecule has 3 aromatic carbocycles. The second-order valence-electron chi connectivity index (χ2n) is 9.91. The van der Waals surface area contributed by atoms with Gasteiger partial charge in [0.05, 0.1) is 34.8 Å². The average molecular weight is 565 g/mol. The fourth-order valence-corrected chi connectivity index (χ4v) is 7.18. The zero-order valence-corrected chi connectivity index (χ0v) is 21.8. The molecular weight excluding hydrogens is 546 g/mol. The number of amides is 2. The monoisotopic (exact) mass is 564 g/mol. The first-order chi connectivity index (χ1) is 18.8. The Kier molecular flexibility index (Phi) is 5.12. The minimum atomic E-state index is -1.57. The lowest BCUT2D eigenvalue weighted by atomic mass is 9.71. The van der Waals surface area contributed by atoms with Crippen molar-refractivity contribution in [2.45, 2.75) is 30.0 Å². The summed E-state index contributed by atoms with van der Waals surface area (Å²) in [7, 11) is 1.30. The lowest BCUT2D eigenvalue weighted by Crippen LogP contribution is -2.52. The van der Waals surface area contributed by atoms with Crippen molar-refractivity contribution in [3.05, 3.63) is 93.0 Å². The maximum Gasteiger partial charge on any atom is 0.337 e. The predicted octanol–water partition coefficient (Wildman–Crippen LogP) is 4.84. The molecule has 7 rings (SSSR count). The molecule has 1 N–H and O–H groups in total. The van der Waals surface area contributed by atoms with Crippen LogP contribution in [0.1, 0.15) is 39.1 Å². The summed E-state index contributed by atoms with van der Waals surface area (Å²) >= 11 is 12.5. The summed E-state index contributed by atoms with van der Waals surface area (Å²) in [6.45, 7) is 0.323. The number of likely N-dealkylation sites (tertiary alicyclic amines) is 1. The van der Waals surface area contributed by atoms with E-state index >= 15 is 4.39 Å². The molecule has 8 nitrogen and oxygen atoms in total. The predicted molar refractivity (Wildman–Crippen MR) is 141 cm³/mol. The number of carbonyl (C=O) groups excluding carboxylic acids is 3. The van der Waals surface area contributed by atoms with Crippen molar-refractivity contribution in [2.24, 2.45) is 0 Å². The summed E-state index contributed by atoms with van der Waals surface area (Å²) in [6.07, 6.45) is 0.660. The smallest absolute Gasteiger partial charge is 0.337 e. The Balaban J connectivity index is 1.51. The third-order valence-corrected chi connectivity index (χ3v) is 8.80. The van der Waals surface area contributed by atoms with Gasteiger partial charge in [-0.15, -0.1) is 0 Å². The molecule has 0 radical (unpaired) electrons. The molecule has 3 aliphatic heterocycles. The molecule has 11 heteroatoms. The van der Waals surface area contributed by atoms with Crippen LogP contribution in [0.2, 0.25) is 10.0 Å². The van der Waals surface area contributed by atoms with Gasteiger partial charge >= 0.3 is 5.97 Å². The maximum absolute atomic E-state index is 15.8. The number of carbonyl (C=O) groups is 3. The Bertz CT molecular complexity index is 1760. The van der Waals surface area contributed by atoms with Crippen molar-refractivity contribution in [1.29, 1.82) is 0 Å². The van der Waals surface area contributed by atoms with Gasteiger partial charge in [0.2, 0.25) is 6.41 Å². The van der Waals surface area contributed by atoms with E-state index in [1.54, 1.807) is 48.5 Å². The normalized spacial score (nSPS) is 24.6. The second-order valence-corrected chi connectivity index (χ2v) is 10.8. The highest BCUT2D eigenvalue weighted by molar-refractivity contribution is 6.31. The van der Waals surface area contributed by atoms with E-state index in [4.69, 9.17) is 32.9 Å². The molecule has 0 bridgehead atoms. The van der Waals surface area contributed by atoms with Crippen LogP contribution in [0.3, 0.4) is 0 Å². The van der Waals surface area contributed by atoms with Crippen molar-refractivity contribution in [1.82, 2.24) is 14.5 Å². The molecule has 4 heterocycles. The minimum Gasteiger partial charge on any atom is -0.465 e. The summed E-state index contributed by atoms with van der Waals surface area (Å²) in [5.74, 6) is -2.46. The number of methoxy groups -OCH3 is 1. The van der Waals surface area contributed by atoms with Crippen LogP contribution in [-0.2, 0) is 26.4 Å². The molecule has 39 heavy (non-hydrogen) atoms. The first-order valence-corrected chi connectivity index (χ1v) is 12.9. The lowest BCUT2D eigenvalue weighted by Gasteiger charge is -2.38. The van der Waals surface area contributed by atoms with Gasteiger partial charge in [0, 0.05) is 34.7 Å². The molecule has 0 unspecified atom stereocenters. The van der Waals surface area contributed by atoms with E-state index in [2.05, 4.69) is 5.32 Å². The number of nitrogens with one attached hydrogen (secondary N) is 1. The molecular formula is C28H19Cl2FN4O4. The van der Waals surface area contributed by atoms with E-state index in [1.807, 2.05) is 4.57 Å². The van der Waals surface area contributed by atoms with E-state index in [1.165, 1.54) is 18.1 Å². The number of halogens is 3. The van der Waals surface area contributed by atoms with Crippen LogP contribution in [0.4, 0.5) is 10.1 Å². The van der Waals surface area contributed by atoms with Crippen LogP contribution in [0.15, 0.2) is 54.6 Å². The van der Waals surface area contributed by atoms with Gasteiger partial charge in [0.15, 0.2) is 5.54 Å². The number of hydrogen-bond acceptors (Lipinski definition) is 5. The van der Waals surface area contributed by atoms with Gasteiger partial charge in [0.25, 0.3) is 5.91 Å². The van der Waals surface area contributed by atoms with E-state index < -0.39 is 41.1 Å². The molecule has 0 saturated carbocycles. The van der Waals surface area contributed by atoms with Crippen molar-refractivity contribution in [3.8, 4) is 0 Å². The Labute approximate surface area is 231 Å². The van der Waals surface area contributed by atoms with Gasteiger partial charge in [-0.1, -0.05) is 41.4 Å². The van der Waals surface area contributed by atoms with Gasteiger partial charge in [-0.25, -0.2) is 14.2 Å². The zero-order chi connectivity index (χ0) is 27.2. The highest BCUT2D eigenvalue weighted by Crippen LogP contribution is 2.64. The van der Waals surface area contributed by atoms with Crippen molar-refractivity contribution < 1.29 is 23.5 Å². The Morgan fingerprint density at radius 2 is 2.03 bits per heavy atom. The van der Waals surface area contributed by atoms with Crippen molar-refractivity contribution >= 4 is 58.2 Å². The SMILES string of the molecule is COC(=O)c1ccc2c(c1)nc1n2C[C@H]2[C@@H]1[C@H](c1cccc(Cl)c1F)[C@]1(C(=O)Nc3cc(Cl)ccc31)N2C=O. The largest absolute Gasteiger partial charge is 0.465 e. The van der Waals surface area contributed by atoms with E-state index in [0.717, 1.165) is 5.52 Å². The first-order valence-electron chi connectivity index (χ1n) is 12.2. The Hall–Kier alpha value is -3.95. The number of ether oxygens (including phenoxy) is 1. The molecule has 1 spiro atoms. The number of nitrogens with zero attached hydrogens (tertiary/aromatic N) is 3. The lowest BCUT2D eigenvalue weighted by molar-refractivity contribution is -0.137. The zero-order valence-electron chi connectivity index (χ0n) is 20.3. The molecule has 4 aromatic rings. The third kappa shape index (κ3) is 3.00. The number of rotatable bonds is 3. The Morgan fingerprint density at radius 3 is 2.79 bits per heavy atom. The van der Waals surface area contributed by atoms with E-state index in [-0.39, 0.29) is 10.6 Å². The van der Waals surface area contributed by atoms with Crippen LogP contribution in [-0.4, -0.2) is 45.9 Å². The van der Waals surface area contributed by atoms with Crippen molar-refractivity contribution in [2.75, 3.05) is 12.4 Å². The van der Waals surface area contributed by atoms with E-state index in [0.29, 0.717) is 46.1 Å². The average Bonchev–Trinajstić information content (AvgIpc) is 3.61. The first kappa shape index (κ1) is 24.1. The number of anilines is 1. The highest BCUT2D eigenvalue weighted by Gasteiger charge is 2.69. The second kappa shape index (κ2) is 8.27. The van der Waals surface area contributed by atoms with Gasteiger partial charge in [-0.3, -0.25) is 9.59 Å². The fourth-order valence-electron chi connectivity index (χ4n) is 6.82. The summed E-state index contributed by atoms with van der Waals surface area (Å²) in [5.41, 5.74) is 1.27. The molecule has 1 aromatic heterocycles. The molecule has 4 atom stereocenters. The van der Waals surface area contributed by atoms with Gasteiger partial charge in [-0.2, -0.15) is 0 Å². The number of fused-ring (bicyclic) bond motifs is 7. The standard InChI is InChI=1S/C28H19Cl2FN4O4/c1-39-26(37)13-5-8-20-19(9-13)32-25-22-21(11-34(20)25)35(12-36)28(23(22)15-3-2-4-17(30)24(15)31)16-7-6-14(29)10-18(16)33-27(28)38/h2-10,12,21-23H,11H2,1H3,(H,33,38)/t21-,22+,23-,28+/m0/s1. The minimum absolute atomic E-state index is 0.0901. The number of benzene rings is 3. The van der Waals surface area contributed by atoms with Gasteiger partial charge in [0.1, 0.15) is 11.6 Å². The molecule has 0 aliphatic carbocycles. The quantitative estimate of drug-likeness (QED) is 0.284.